The number of carbonyl (C=O) groups excluding carboxylic acids is 2. The van der Waals surface area contributed by atoms with Gasteiger partial charge in [0.25, 0.3) is 11.8 Å². The van der Waals surface area contributed by atoms with Gasteiger partial charge >= 0.3 is 0 Å². The van der Waals surface area contributed by atoms with Crippen LogP contribution >= 0.6 is 11.3 Å². The molecule has 0 saturated carbocycles. The van der Waals surface area contributed by atoms with Crippen molar-refractivity contribution < 1.29 is 9.59 Å². The first-order valence-electron chi connectivity index (χ1n) is 6.04. The maximum Gasteiger partial charge on any atom is 0.269 e. The van der Waals surface area contributed by atoms with Gasteiger partial charge in [-0.3, -0.25) is 20.4 Å². The van der Waals surface area contributed by atoms with Gasteiger partial charge in [-0.2, -0.15) is 0 Å². The lowest BCUT2D eigenvalue weighted by atomic mass is 10.1. The maximum absolute atomic E-state index is 11.8. The number of nitrogens with one attached hydrogen (secondary N) is 2. The summed E-state index contributed by atoms with van der Waals surface area (Å²) in [6.07, 6.45) is 3.07. The second kappa shape index (κ2) is 6.68. The number of thiophene rings is 1. The molecule has 0 spiro atoms. The Kier molecular flexibility index (Phi) is 4.68. The highest BCUT2D eigenvalue weighted by atomic mass is 32.1. The van der Waals surface area contributed by atoms with E-state index >= 15 is 0 Å². The van der Waals surface area contributed by atoms with E-state index in [1.165, 1.54) is 17.4 Å². The lowest BCUT2D eigenvalue weighted by Gasteiger charge is -2.05. The van der Waals surface area contributed by atoms with Crippen molar-refractivity contribution in [1.82, 2.24) is 10.9 Å². The molecule has 2 rings (SSSR count). The van der Waals surface area contributed by atoms with Crippen LogP contribution in [-0.2, 0) is 4.79 Å². The van der Waals surface area contributed by atoms with Crippen molar-refractivity contribution in [3.63, 3.8) is 0 Å². The largest absolute Gasteiger partial charge is 0.269 e. The van der Waals surface area contributed by atoms with Crippen LogP contribution in [0.2, 0.25) is 0 Å². The molecule has 0 bridgehead atoms. The monoisotopic (exact) mass is 286 g/mol. The molecule has 0 unspecified atom stereocenters. The van der Waals surface area contributed by atoms with Crippen molar-refractivity contribution in [3.05, 3.63) is 63.9 Å². The molecule has 20 heavy (non-hydrogen) atoms. The average molecular weight is 286 g/mol. The SMILES string of the molecule is Cc1cccc(C(=O)NNC(=O)C=Cc2cccs2)c1. The highest BCUT2D eigenvalue weighted by Crippen LogP contribution is 2.09. The zero-order valence-corrected chi connectivity index (χ0v) is 11.7. The van der Waals surface area contributed by atoms with E-state index in [9.17, 15) is 9.59 Å². The fraction of sp³-hybridized carbons (Fsp3) is 0.0667. The zero-order chi connectivity index (χ0) is 14.4. The Balaban J connectivity index is 1.86. The fourth-order valence-corrected chi connectivity index (χ4v) is 2.18. The van der Waals surface area contributed by atoms with Gasteiger partial charge in [0.2, 0.25) is 0 Å². The van der Waals surface area contributed by atoms with Crippen LogP contribution in [0.1, 0.15) is 20.8 Å². The van der Waals surface area contributed by atoms with Gasteiger partial charge in [0, 0.05) is 16.5 Å². The molecule has 0 saturated heterocycles. The number of carbonyl (C=O) groups is 2. The summed E-state index contributed by atoms with van der Waals surface area (Å²) < 4.78 is 0. The molecular formula is C15H14N2O2S. The van der Waals surface area contributed by atoms with E-state index in [0.717, 1.165) is 10.4 Å². The van der Waals surface area contributed by atoms with Crippen LogP contribution in [0.5, 0.6) is 0 Å². The van der Waals surface area contributed by atoms with Crippen LogP contribution in [0.15, 0.2) is 47.9 Å². The van der Waals surface area contributed by atoms with E-state index < -0.39 is 0 Å². The minimum atomic E-state index is -0.376. The maximum atomic E-state index is 11.8. The van der Waals surface area contributed by atoms with Crippen molar-refractivity contribution in [2.45, 2.75) is 6.92 Å². The predicted molar refractivity (Wildman–Crippen MR) is 80.1 cm³/mol. The standard InChI is InChI=1S/C15H14N2O2S/c1-11-4-2-5-12(10-11)15(19)17-16-14(18)8-7-13-6-3-9-20-13/h2-10H,1H3,(H,16,18)(H,17,19). The van der Waals surface area contributed by atoms with Crippen molar-refractivity contribution >= 4 is 29.2 Å². The molecule has 0 aliphatic rings. The minimum Gasteiger partial charge on any atom is -0.268 e. The van der Waals surface area contributed by atoms with Crippen molar-refractivity contribution in [1.29, 1.82) is 0 Å². The Bertz CT molecular complexity index is 633. The Morgan fingerprint density at radius 2 is 2.00 bits per heavy atom. The average Bonchev–Trinajstić information content (AvgIpc) is 2.95. The van der Waals surface area contributed by atoms with E-state index in [4.69, 9.17) is 0 Å². The number of aryl methyl sites for hydroxylation is 1. The van der Waals surface area contributed by atoms with Gasteiger partial charge in [-0.15, -0.1) is 11.3 Å². The highest BCUT2D eigenvalue weighted by Gasteiger charge is 2.05. The summed E-state index contributed by atoms with van der Waals surface area (Å²) in [5.41, 5.74) is 6.21. The number of hydrazine groups is 1. The smallest absolute Gasteiger partial charge is 0.268 e. The van der Waals surface area contributed by atoms with Gasteiger partial charge in [-0.05, 0) is 36.6 Å². The third-order valence-electron chi connectivity index (χ3n) is 2.52. The molecule has 0 fully saturated rings. The number of benzene rings is 1. The summed E-state index contributed by atoms with van der Waals surface area (Å²) >= 11 is 1.53. The fourth-order valence-electron chi connectivity index (χ4n) is 1.56. The first kappa shape index (κ1) is 14.0. The molecule has 1 aromatic heterocycles. The lowest BCUT2D eigenvalue weighted by molar-refractivity contribution is -0.117. The van der Waals surface area contributed by atoms with E-state index in [1.54, 1.807) is 24.3 Å². The minimum absolute atomic E-state index is 0.341. The van der Waals surface area contributed by atoms with E-state index in [0.29, 0.717) is 5.56 Å². The van der Waals surface area contributed by atoms with Gasteiger partial charge in [0.15, 0.2) is 0 Å². The Hall–Kier alpha value is -2.40. The molecular weight excluding hydrogens is 272 g/mol. The molecule has 0 radical (unpaired) electrons. The number of hydrogen-bond donors (Lipinski definition) is 2. The molecule has 2 aromatic rings. The van der Waals surface area contributed by atoms with Gasteiger partial charge in [-0.25, -0.2) is 0 Å². The summed E-state index contributed by atoms with van der Waals surface area (Å²) in [5.74, 6) is -0.717. The quantitative estimate of drug-likeness (QED) is 0.673. The third-order valence-corrected chi connectivity index (χ3v) is 3.36. The van der Waals surface area contributed by atoms with Crippen LogP contribution in [0.3, 0.4) is 0 Å². The van der Waals surface area contributed by atoms with Crippen molar-refractivity contribution in [3.8, 4) is 0 Å². The number of rotatable bonds is 3. The molecule has 0 atom stereocenters. The Morgan fingerprint density at radius 1 is 1.15 bits per heavy atom. The summed E-state index contributed by atoms with van der Waals surface area (Å²) in [5, 5.41) is 1.93. The normalized spacial score (nSPS) is 10.4. The van der Waals surface area contributed by atoms with E-state index in [-0.39, 0.29) is 11.8 Å². The predicted octanol–water partition coefficient (Wildman–Crippen LogP) is 2.53. The van der Waals surface area contributed by atoms with Gasteiger partial charge < -0.3 is 0 Å². The number of hydrogen-bond acceptors (Lipinski definition) is 3. The molecule has 2 amide bonds. The van der Waals surface area contributed by atoms with Crippen LogP contribution in [-0.4, -0.2) is 11.8 Å². The molecule has 5 heteroatoms. The van der Waals surface area contributed by atoms with Crippen LogP contribution in [0.25, 0.3) is 6.08 Å². The van der Waals surface area contributed by atoms with E-state index in [1.807, 2.05) is 30.5 Å². The summed E-state index contributed by atoms with van der Waals surface area (Å²) in [6, 6.07) is 10.9. The van der Waals surface area contributed by atoms with Gasteiger partial charge in [0.05, 0.1) is 0 Å². The Morgan fingerprint density at radius 3 is 2.70 bits per heavy atom. The van der Waals surface area contributed by atoms with Crippen molar-refractivity contribution in [2.24, 2.45) is 0 Å². The molecule has 0 aliphatic carbocycles. The Labute approximate surface area is 121 Å². The van der Waals surface area contributed by atoms with Crippen molar-refractivity contribution in [2.75, 3.05) is 0 Å². The van der Waals surface area contributed by atoms with Crippen LogP contribution in [0, 0.1) is 6.92 Å². The lowest BCUT2D eigenvalue weighted by Crippen LogP contribution is -2.40. The summed E-state index contributed by atoms with van der Waals surface area (Å²) in [6.45, 7) is 1.90. The highest BCUT2D eigenvalue weighted by molar-refractivity contribution is 7.10. The summed E-state index contributed by atoms with van der Waals surface area (Å²) in [7, 11) is 0. The molecule has 102 valence electrons. The third kappa shape index (κ3) is 4.07. The molecule has 1 aromatic carbocycles. The second-order valence-corrected chi connectivity index (χ2v) is 5.14. The summed E-state index contributed by atoms with van der Waals surface area (Å²) in [4.78, 5) is 24.3. The van der Waals surface area contributed by atoms with Crippen LogP contribution in [0.4, 0.5) is 0 Å². The molecule has 1 heterocycles. The van der Waals surface area contributed by atoms with Gasteiger partial charge in [-0.1, -0.05) is 23.8 Å². The molecule has 0 aliphatic heterocycles. The molecule has 2 N–H and O–H groups in total. The second-order valence-electron chi connectivity index (χ2n) is 4.16. The first-order chi connectivity index (χ1) is 9.65. The first-order valence-corrected chi connectivity index (χ1v) is 6.92. The number of amides is 2. The topological polar surface area (TPSA) is 58.2 Å². The van der Waals surface area contributed by atoms with Crippen LogP contribution < -0.4 is 10.9 Å². The van der Waals surface area contributed by atoms with Gasteiger partial charge in [0.1, 0.15) is 0 Å². The van der Waals surface area contributed by atoms with E-state index in [2.05, 4.69) is 10.9 Å². The zero-order valence-electron chi connectivity index (χ0n) is 10.9. The molecule has 4 nitrogen and oxygen atoms in total.